The number of aryl methyl sites for hydroxylation is 1. The van der Waals surface area contributed by atoms with Crippen LogP contribution in [0.2, 0.25) is 0 Å². The Morgan fingerprint density at radius 3 is 2.72 bits per heavy atom. The highest BCUT2D eigenvalue weighted by molar-refractivity contribution is 5.90. The molecule has 0 aliphatic carbocycles. The Balaban J connectivity index is 1.50. The number of benzene rings is 1. The molecule has 0 unspecified atom stereocenters. The van der Waals surface area contributed by atoms with Crippen molar-refractivity contribution in [1.82, 2.24) is 30.1 Å². The molecule has 3 aromatic heterocycles. The molecule has 1 amide bonds. The molecule has 8 nitrogen and oxygen atoms in total. The normalized spacial score (nSPS) is 11.7. The van der Waals surface area contributed by atoms with Crippen molar-refractivity contribution in [3.8, 4) is 11.3 Å². The van der Waals surface area contributed by atoms with Crippen LogP contribution in [-0.4, -0.2) is 30.6 Å². The minimum atomic E-state index is -0.361. The van der Waals surface area contributed by atoms with E-state index >= 15 is 0 Å². The van der Waals surface area contributed by atoms with Gasteiger partial charge in [-0.25, -0.2) is 9.50 Å². The van der Waals surface area contributed by atoms with E-state index in [1.807, 2.05) is 52.0 Å². The molecule has 0 radical (unpaired) electrons. The smallest absolute Gasteiger partial charge is 0.292 e. The van der Waals surface area contributed by atoms with Crippen LogP contribution in [0, 0.1) is 6.92 Å². The highest BCUT2D eigenvalue weighted by atomic mass is 16.5. The van der Waals surface area contributed by atoms with Crippen molar-refractivity contribution in [3.05, 3.63) is 65.6 Å². The molecule has 1 aromatic carbocycles. The molecule has 148 valence electrons. The number of amides is 1. The maximum absolute atomic E-state index is 12.4. The molecule has 0 aliphatic rings. The van der Waals surface area contributed by atoms with E-state index in [4.69, 9.17) is 4.52 Å². The van der Waals surface area contributed by atoms with Crippen molar-refractivity contribution in [2.24, 2.45) is 0 Å². The first-order valence-corrected chi connectivity index (χ1v) is 9.34. The van der Waals surface area contributed by atoms with Crippen LogP contribution in [0.3, 0.4) is 0 Å². The standard InChI is InChI=1S/C21H22N6O2/c1-13-11-14(16-7-9-22-17-8-10-24-27(16)17)5-6-15(13)12-23-19(28)18-25-20(29-26-18)21(2,3)4/h5-11H,12H2,1-4H3,(H,23,28). The van der Waals surface area contributed by atoms with Crippen LogP contribution in [0.5, 0.6) is 0 Å². The van der Waals surface area contributed by atoms with Gasteiger partial charge in [0.1, 0.15) is 0 Å². The molecule has 0 saturated carbocycles. The molecule has 0 aliphatic heterocycles. The van der Waals surface area contributed by atoms with Crippen LogP contribution >= 0.6 is 0 Å². The average molecular weight is 390 g/mol. The summed E-state index contributed by atoms with van der Waals surface area (Å²) in [4.78, 5) is 20.8. The summed E-state index contributed by atoms with van der Waals surface area (Å²) >= 11 is 0. The molecule has 4 rings (SSSR count). The Morgan fingerprint density at radius 2 is 2.00 bits per heavy atom. The number of nitrogens with zero attached hydrogens (tertiary/aromatic N) is 5. The fourth-order valence-corrected chi connectivity index (χ4v) is 2.98. The topological polar surface area (TPSA) is 98.2 Å². The quantitative estimate of drug-likeness (QED) is 0.574. The highest BCUT2D eigenvalue weighted by Gasteiger charge is 2.24. The van der Waals surface area contributed by atoms with Gasteiger partial charge in [0, 0.05) is 29.8 Å². The molecule has 4 aromatic rings. The van der Waals surface area contributed by atoms with Gasteiger partial charge in [0.15, 0.2) is 5.65 Å². The molecular formula is C21H22N6O2. The lowest BCUT2D eigenvalue weighted by molar-refractivity contribution is 0.0937. The van der Waals surface area contributed by atoms with Gasteiger partial charge in [-0.1, -0.05) is 38.1 Å². The molecule has 3 heterocycles. The molecule has 0 spiro atoms. The lowest BCUT2D eigenvalue weighted by atomic mass is 9.97. The van der Waals surface area contributed by atoms with Crippen LogP contribution in [0.1, 0.15) is 48.4 Å². The third-order valence-corrected chi connectivity index (χ3v) is 4.64. The van der Waals surface area contributed by atoms with Gasteiger partial charge in [0.2, 0.25) is 5.89 Å². The number of carbonyl (C=O) groups excluding carboxylic acids is 1. The first kappa shape index (κ1) is 18.8. The second-order valence-electron chi connectivity index (χ2n) is 7.93. The molecule has 29 heavy (non-hydrogen) atoms. The number of hydrogen-bond donors (Lipinski definition) is 1. The summed E-state index contributed by atoms with van der Waals surface area (Å²) in [5.41, 5.74) is 4.55. The summed E-state index contributed by atoms with van der Waals surface area (Å²) in [6.45, 7) is 8.24. The summed E-state index contributed by atoms with van der Waals surface area (Å²) in [7, 11) is 0. The Bertz CT molecular complexity index is 1190. The Morgan fingerprint density at radius 1 is 1.17 bits per heavy atom. The van der Waals surface area contributed by atoms with E-state index in [9.17, 15) is 4.79 Å². The maximum atomic E-state index is 12.4. The zero-order valence-corrected chi connectivity index (χ0v) is 16.8. The summed E-state index contributed by atoms with van der Waals surface area (Å²) in [6, 6.07) is 9.88. The number of fused-ring (bicyclic) bond motifs is 1. The van der Waals surface area contributed by atoms with E-state index in [0.29, 0.717) is 12.4 Å². The Kier molecular flexibility index (Phi) is 4.62. The number of nitrogens with one attached hydrogen (secondary N) is 1. The molecule has 0 bridgehead atoms. The van der Waals surface area contributed by atoms with Crippen molar-refractivity contribution in [3.63, 3.8) is 0 Å². The zero-order chi connectivity index (χ0) is 20.6. The fraction of sp³-hybridized carbons (Fsp3) is 0.286. The van der Waals surface area contributed by atoms with Gasteiger partial charge in [0.25, 0.3) is 11.7 Å². The van der Waals surface area contributed by atoms with E-state index in [-0.39, 0.29) is 17.1 Å². The number of hydrogen-bond acceptors (Lipinski definition) is 6. The average Bonchev–Trinajstić information content (AvgIpc) is 3.35. The van der Waals surface area contributed by atoms with Gasteiger partial charge in [-0.05, 0) is 30.2 Å². The van der Waals surface area contributed by atoms with Gasteiger partial charge >= 0.3 is 0 Å². The van der Waals surface area contributed by atoms with Crippen LogP contribution in [0.4, 0.5) is 0 Å². The van der Waals surface area contributed by atoms with Gasteiger partial charge in [-0.15, -0.1) is 0 Å². The van der Waals surface area contributed by atoms with Gasteiger partial charge in [-0.3, -0.25) is 4.79 Å². The van der Waals surface area contributed by atoms with Crippen molar-refractivity contribution >= 4 is 11.6 Å². The maximum Gasteiger partial charge on any atom is 0.292 e. The summed E-state index contributed by atoms with van der Waals surface area (Å²) < 4.78 is 6.99. The van der Waals surface area contributed by atoms with Crippen molar-refractivity contribution in [2.75, 3.05) is 0 Å². The third-order valence-electron chi connectivity index (χ3n) is 4.64. The first-order chi connectivity index (χ1) is 13.8. The molecule has 0 fully saturated rings. The molecule has 0 atom stereocenters. The fourth-order valence-electron chi connectivity index (χ4n) is 2.98. The SMILES string of the molecule is Cc1cc(-c2ccnc3ccnn23)ccc1CNC(=O)c1noc(C(C)(C)C)n1. The van der Waals surface area contributed by atoms with Crippen molar-refractivity contribution in [2.45, 2.75) is 39.7 Å². The first-order valence-electron chi connectivity index (χ1n) is 9.34. The molecule has 8 heteroatoms. The molecule has 1 N–H and O–H groups in total. The lowest BCUT2D eigenvalue weighted by Crippen LogP contribution is -2.24. The number of carbonyl (C=O) groups is 1. The van der Waals surface area contributed by atoms with Crippen LogP contribution in [0.15, 0.2) is 47.2 Å². The van der Waals surface area contributed by atoms with Gasteiger partial charge in [0.05, 0.1) is 11.9 Å². The monoisotopic (exact) mass is 390 g/mol. The van der Waals surface area contributed by atoms with Crippen molar-refractivity contribution < 1.29 is 9.32 Å². The minimum absolute atomic E-state index is 0.0436. The Hall–Kier alpha value is -3.55. The predicted octanol–water partition coefficient (Wildman–Crippen LogP) is 3.32. The van der Waals surface area contributed by atoms with E-state index in [1.165, 1.54) is 0 Å². The summed E-state index contributed by atoms with van der Waals surface area (Å²) in [5.74, 6) is 0.118. The van der Waals surface area contributed by atoms with Gasteiger partial charge < -0.3 is 9.84 Å². The largest absolute Gasteiger partial charge is 0.345 e. The van der Waals surface area contributed by atoms with E-state index in [2.05, 4.69) is 31.6 Å². The van der Waals surface area contributed by atoms with E-state index in [0.717, 1.165) is 28.0 Å². The Labute approximate surface area is 168 Å². The summed E-state index contributed by atoms with van der Waals surface area (Å²) in [5, 5.41) is 11.0. The van der Waals surface area contributed by atoms with Crippen LogP contribution in [-0.2, 0) is 12.0 Å². The van der Waals surface area contributed by atoms with E-state index in [1.54, 1.807) is 16.9 Å². The second-order valence-corrected chi connectivity index (χ2v) is 7.93. The summed E-state index contributed by atoms with van der Waals surface area (Å²) in [6.07, 6.45) is 3.50. The highest BCUT2D eigenvalue weighted by Crippen LogP contribution is 2.23. The predicted molar refractivity (Wildman–Crippen MR) is 107 cm³/mol. The van der Waals surface area contributed by atoms with Crippen molar-refractivity contribution in [1.29, 1.82) is 0 Å². The zero-order valence-electron chi connectivity index (χ0n) is 16.8. The minimum Gasteiger partial charge on any atom is -0.345 e. The number of rotatable bonds is 4. The van der Waals surface area contributed by atoms with Crippen LogP contribution < -0.4 is 5.32 Å². The molecule has 0 saturated heterocycles. The third kappa shape index (κ3) is 3.73. The lowest BCUT2D eigenvalue weighted by Gasteiger charge is -2.11. The van der Waals surface area contributed by atoms with E-state index < -0.39 is 0 Å². The molecular weight excluding hydrogens is 368 g/mol. The van der Waals surface area contributed by atoms with Crippen LogP contribution in [0.25, 0.3) is 16.9 Å². The van der Waals surface area contributed by atoms with Gasteiger partial charge in [-0.2, -0.15) is 10.1 Å². The second kappa shape index (κ2) is 7.12. The number of aromatic nitrogens is 5.